The summed E-state index contributed by atoms with van der Waals surface area (Å²) in [5.74, 6) is -0.815. The van der Waals surface area contributed by atoms with Gasteiger partial charge in [-0.05, 0) is 48.3 Å². The van der Waals surface area contributed by atoms with E-state index < -0.39 is 5.97 Å². The van der Waals surface area contributed by atoms with Crippen LogP contribution < -0.4 is 0 Å². The number of fused-ring (bicyclic) bond motifs is 1. The Morgan fingerprint density at radius 2 is 2.25 bits per heavy atom. The lowest BCUT2D eigenvalue weighted by atomic mass is 10.2. The van der Waals surface area contributed by atoms with Gasteiger partial charge in [0.15, 0.2) is 0 Å². The van der Waals surface area contributed by atoms with E-state index in [0.717, 1.165) is 21.4 Å². The molecular formula is C14H18BrN3O2. The van der Waals surface area contributed by atoms with E-state index in [1.807, 2.05) is 48.5 Å². The van der Waals surface area contributed by atoms with Crippen LogP contribution in [0.15, 0.2) is 22.9 Å². The van der Waals surface area contributed by atoms with Gasteiger partial charge in [0.2, 0.25) is 0 Å². The Kier molecular flexibility index (Phi) is 4.45. The summed E-state index contributed by atoms with van der Waals surface area (Å²) in [6.45, 7) is 6.58. The molecule has 108 valence electrons. The van der Waals surface area contributed by atoms with Crippen LogP contribution in [0.5, 0.6) is 0 Å². The van der Waals surface area contributed by atoms with Crippen molar-refractivity contribution in [3.8, 4) is 0 Å². The molecule has 0 aliphatic heterocycles. The summed E-state index contributed by atoms with van der Waals surface area (Å²) in [7, 11) is 0. The van der Waals surface area contributed by atoms with E-state index in [1.54, 1.807) is 0 Å². The van der Waals surface area contributed by atoms with Gasteiger partial charge in [-0.15, -0.1) is 0 Å². The molecule has 0 aromatic carbocycles. The third-order valence-electron chi connectivity index (χ3n) is 3.27. The Morgan fingerprint density at radius 1 is 1.55 bits per heavy atom. The maximum Gasteiger partial charge on any atom is 0.317 e. The molecule has 20 heavy (non-hydrogen) atoms. The zero-order valence-electron chi connectivity index (χ0n) is 11.8. The van der Waals surface area contributed by atoms with Gasteiger partial charge in [0.1, 0.15) is 5.65 Å². The molecule has 0 saturated carbocycles. The molecule has 1 N–H and O–H groups in total. The molecule has 0 aliphatic rings. The van der Waals surface area contributed by atoms with Crippen LogP contribution >= 0.6 is 15.9 Å². The van der Waals surface area contributed by atoms with E-state index in [2.05, 4.69) is 20.9 Å². The lowest BCUT2D eigenvalue weighted by Crippen LogP contribution is -2.35. The largest absolute Gasteiger partial charge is 0.480 e. The van der Waals surface area contributed by atoms with Gasteiger partial charge in [-0.25, -0.2) is 4.98 Å². The summed E-state index contributed by atoms with van der Waals surface area (Å²) < 4.78 is 2.99. The summed E-state index contributed by atoms with van der Waals surface area (Å²) in [6.07, 6.45) is 3.77. The molecule has 5 nitrogen and oxygen atoms in total. The lowest BCUT2D eigenvalue weighted by Gasteiger charge is -2.24. The van der Waals surface area contributed by atoms with Crippen molar-refractivity contribution in [1.82, 2.24) is 14.3 Å². The van der Waals surface area contributed by atoms with Crippen LogP contribution in [0.3, 0.4) is 0 Å². The first-order chi connectivity index (χ1) is 9.38. The van der Waals surface area contributed by atoms with Crippen LogP contribution in [-0.4, -0.2) is 37.9 Å². The highest BCUT2D eigenvalue weighted by Gasteiger charge is 2.16. The maximum absolute atomic E-state index is 10.9. The highest BCUT2D eigenvalue weighted by molar-refractivity contribution is 9.10. The minimum absolute atomic E-state index is 0.0257. The number of carbonyl (C=O) groups is 1. The fourth-order valence-electron chi connectivity index (χ4n) is 2.18. The molecule has 0 spiro atoms. The second kappa shape index (κ2) is 5.93. The van der Waals surface area contributed by atoms with Gasteiger partial charge in [0.25, 0.3) is 0 Å². The Bertz CT molecular complexity index is 637. The SMILES string of the molecule is Cc1cc(Br)cn2c(CN(CC(=O)O)C(C)C)cnc12. The van der Waals surface area contributed by atoms with E-state index >= 15 is 0 Å². The van der Waals surface area contributed by atoms with Crippen LogP contribution in [0, 0.1) is 6.92 Å². The van der Waals surface area contributed by atoms with Gasteiger partial charge in [-0.2, -0.15) is 0 Å². The summed E-state index contributed by atoms with van der Waals surface area (Å²) >= 11 is 3.48. The zero-order chi connectivity index (χ0) is 14.9. The molecule has 0 amide bonds. The standard InChI is InChI=1S/C14H18BrN3O2/c1-9(2)17(8-13(19)20)7-12-5-16-14-10(3)4-11(15)6-18(12)14/h4-6,9H,7-8H2,1-3H3,(H,19,20). The molecule has 6 heteroatoms. The highest BCUT2D eigenvalue weighted by Crippen LogP contribution is 2.19. The number of nitrogens with zero attached hydrogens (tertiary/aromatic N) is 3. The number of rotatable bonds is 5. The van der Waals surface area contributed by atoms with Crippen LogP contribution in [0.4, 0.5) is 0 Å². The number of hydrogen-bond donors (Lipinski definition) is 1. The van der Waals surface area contributed by atoms with Crippen molar-refractivity contribution < 1.29 is 9.90 Å². The van der Waals surface area contributed by atoms with Crippen LogP contribution in [0.25, 0.3) is 5.65 Å². The predicted molar refractivity (Wildman–Crippen MR) is 80.8 cm³/mol. The first-order valence-corrected chi connectivity index (χ1v) is 7.25. The topological polar surface area (TPSA) is 57.8 Å². The van der Waals surface area contributed by atoms with Crippen molar-refractivity contribution in [1.29, 1.82) is 0 Å². The number of carboxylic acid groups (broad SMARTS) is 1. The number of aliphatic carboxylic acids is 1. The monoisotopic (exact) mass is 339 g/mol. The first-order valence-electron chi connectivity index (χ1n) is 6.46. The van der Waals surface area contributed by atoms with Crippen molar-refractivity contribution in [3.05, 3.63) is 34.2 Å². The minimum Gasteiger partial charge on any atom is -0.480 e. The number of halogens is 1. The smallest absolute Gasteiger partial charge is 0.317 e. The van der Waals surface area contributed by atoms with E-state index in [-0.39, 0.29) is 12.6 Å². The predicted octanol–water partition coefficient (Wildman–Crippen LogP) is 2.70. The molecule has 0 unspecified atom stereocenters. The zero-order valence-corrected chi connectivity index (χ0v) is 13.4. The van der Waals surface area contributed by atoms with Gasteiger partial charge < -0.3 is 9.51 Å². The third-order valence-corrected chi connectivity index (χ3v) is 3.70. The van der Waals surface area contributed by atoms with Crippen molar-refractivity contribution in [2.75, 3.05) is 6.54 Å². The van der Waals surface area contributed by atoms with Gasteiger partial charge in [-0.1, -0.05) is 0 Å². The molecule has 0 atom stereocenters. The average molecular weight is 340 g/mol. The molecule has 0 bridgehead atoms. The van der Waals surface area contributed by atoms with Gasteiger partial charge in [0.05, 0.1) is 18.4 Å². The van der Waals surface area contributed by atoms with E-state index in [4.69, 9.17) is 5.11 Å². The van der Waals surface area contributed by atoms with Crippen LogP contribution in [-0.2, 0) is 11.3 Å². The maximum atomic E-state index is 10.9. The molecule has 0 saturated heterocycles. The molecule has 0 radical (unpaired) electrons. The Hall–Kier alpha value is -1.40. The number of aryl methyl sites for hydroxylation is 1. The van der Waals surface area contributed by atoms with Gasteiger partial charge in [0, 0.05) is 23.3 Å². The lowest BCUT2D eigenvalue weighted by molar-refractivity contribution is -0.139. The molecule has 2 heterocycles. The second-order valence-corrected chi connectivity index (χ2v) is 6.09. The molecule has 0 aliphatic carbocycles. The van der Waals surface area contributed by atoms with E-state index in [9.17, 15) is 4.79 Å². The average Bonchev–Trinajstić information content (AvgIpc) is 2.71. The van der Waals surface area contributed by atoms with E-state index in [1.165, 1.54) is 0 Å². The van der Waals surface area contributed by atoms with Crippen molar-refractivity contribution in [2.45, 2.75) is 33.4 Å². The number of pyridine rings is 1. The Morgan fingerprint density at radius 3 is 2.85 bits per heavy atom. The molecule has 2 rings (SSSR count). The van der Waals surface area contributed by atoms with Crippen LogP contribution in [0.1, 0.15) is 25.1 Å². The molecular weight excluding hydrogens is 322 g/mol. The molecule has 2 aromatic rings. The molecule has 2 aromatic heterocycles. The minimum atomic E-state index is -0.815. The van der Waals surface area contributed by atoms with E-state index in [0.29, 0.717) is 6.54 Å². The number of hydrogen-bond acceptors (Lipinski definition) is 3. The quantitative estimate of drug-likeness (QED) is 0.909. The van der Waals surface area contributed by atoms with Crippen molar-refractivity contribution in [3.63, 3.8) is 0 Å². The van der Waals surface area contributed by atoms with Crippen LogP contribution in [0.2, 0.25) is 0 Å². The number of imidazole rings is 1. The van der Waals surface area contributed by atoms with Crippen molar-refractivity contribution >= 4 is 27.5 Å². The van der Waals surface area contributed by atoms with Gasteiger partial charge >= 0.3 is 5.97 Å². The summed E-state index contributed by atoms with van der Waals surface area (Å²) in [6, 6.07) is 2.17. The van der Waals surface area contributed by atoms with Crippen molar-refractivity contribution in [2.24, 2.45) is 0 Å². The Balaban J connectivity index is 2.35. The number of carboxylic acids is 1. The fraction of sp³-hybridized carbons (Fsp3) is 0.429. The highest BCUT2D eigenvalue weighted by atomic mass is 79.9. The number of aromatic nitrogens is 2. The first kappa shape index (κ1) is 15.0. The third kappa shape index (κ3) is 3.19. The summed E-state index contributed by atoms with van der Waals surface area (Å²) in [4.78, 5) is 17.3. The fourth-order valence-corrected chi connectivity index (χ4v) is 2.73. The normalized spacial score (nSPS) is 11.7. The van der Waals surface area contributed by atoms with Gasteiger partial charge in [-0.3, -0.25) is 9.69 Å². The Labute approximate surface area is 126 Å². The summed E-state index contributed by atoms with van der Waals surface area (Å²) in [5, 5.41) is 8.99. The second-order valence-electron chi connectivity index (χ2n) is 5.18. The molecule has 0 fully saturated rings. The summed E-state index contributed by atoms with van der Waals surface area (Å²) in [5.41, 5.74) is 2.97.